The zero-order chi connectivity index (χ0) is 22.7. The summed E-state index contributed by atoms with van der Waals surface area (Å²) in [5.74, 6) is -0.285. The largest absolute Gasteiger partial charge is 0.368 e. The van der Waals surface area contributed by atoms with Crippen molar-refractivity contribution < 1.29 is 14.1 Å². The number of anilines is 1. The predicted molar refractivity (Wildman–Crippen MR) is 120 cm³/mol. The third-order valence-electron chi connectivity index (χ3n) is 5.80. The summed E-state index contributed by atoms with van der Waals surface area (Å²) in [6.45, 7) is 3.59. The van der Waals surface area contributed by atoms with Crippen molar-refractivity contribution in [1.82, 2.24) is 14.8 Å². The first-order chi connectivity index (χ1) is 15.4. The van der Waals surface area contributed by atoms with E-state index >= 15 is 0 Å². The van der Waals surface area contributed by atoms with Crippen LogP contribution < -0.4 is 4.90 Å². The number of carbonyl (C=O) groups is 1. The molecule has 2 heterocycles. The van der Waals surface area contributed by atoms with Crippen molar-refractivity contribution in [3.05, 3.63) is 76.4 Å². The monoisotopic (exact) mass is 437 g/mol. The second-order valence-corrected chi connectivity index (χ2v) is 7.92. The summed E-state index contributed by atoms with van der Waals surface area (Å²) in [4.78, 5) is 33.6. The number of hydrogen-bond donors (Lipinski definition) is 0. The van der Waals surface area contributed by atoms with Crippen LogP contribution in [0.25, 0.3) is 10.8 Å². The van der Waals surface area contributed by atoms with Crippen molar-refractivity contribution >= 4 is 28.1 Å². The number of non-ortho nitro benzene ring substituents is 1. The number of rotatable bonds is 6. The van der Waals surface area contributed by atoms with Gasteiger partial charge < -0.3 is 9.80 Å². The van der Waals surface area contributed by atoms with Gasteiger partial charge in [-0.3, -0.25) is 24.8 Å². The van der Waals surface area contributed by atoms with Gasteiger partial charge in [0.05, 0.1) is 16.9 Å². The van der Waals surface area contributed by atoms with Crippen molar-refractivity contribution in [2.75, 3.05) is 44.7 Å². The molecule has 9 heteroatoms. The molecule has 1 amide bonds. The van der Waals surface area contributed by atoms with Crippen LogP contribution in [0.2, 0.25) is 0 Å². The molecule has 2 aromatic carbocycles. The fraction of sp³-hybridized carbons (Fsp3) is 0.304. The van der Waals surface area contributed by atoms with Crippen molar-refractivity contribution in [1.29, 1.82) is 0 Å². The number of nitro benzene ring substituents is 1. The Balaban J connectivity index is 1.37. The summed E-state index contributed by atoms with van der Waals surface area (Å²) in [5, 5.41) is 12.7. The summed E-state index contributed by atoms with van der Waals surface area (Å²) in [6, 6.07) is 11.3. The highest BCUT2D eigenvalue weighted by Crippen LogP contribution is 2.33. The van der Waals surface area contributed by atoms with Gasteiger partial charge in [-0.25, -0.2) is 4.39 Å². The van der Waals surface area contributed by atoms with Gasteiger partial charge in [0.25, 0.3) is 5.69 Å². The third kappa shape index (κ3) is 4.67. The molecular formula is C23H24FN5O3. The predicted octanol–water partition coefficient (Wildman–Crippen LogP) is 3.06. The molecule has 166 valence electrons. The van der Waals surface area contributed by atoms with Crippen LogP contribution in [0, 0.1) is 15.9 Å². The van der Waals surface area contributed by atoms with Gasteiger partial charge in [-0.2, -0.15) is 0 Å². The van der Waals surface area contributed by atoms with Crippen molar-refractivity contribution in [3.63, 3.8) is 0 Å². The minimum Gasteiger partial charge on any atom is -0.368 e. The number of nitrogens with zero attached hydrogens (tertiary/aromatic N) is 5. The van der Waals surface area contributed by atoms with Gasteiger partial charge in [0, 0.05) is 69.3 Å². The normalized spacial score (nSPS) is 14.5. The number of benzene rings is 2. The number of fused-ring (bicyclic) bond motifs is 1. The van der Waals surface area contributed by atoms with Gasteiger partial charge in [0.1, 0.15) is 5.82 Å². The smallest absolute Gasteiger partial charge is 0.278 e. The number of carbonyl (C=O) groups excluding carboxylic acids is 1. The first-order valence-electron chi connectivity index (χ1n) is 10.4. The molecule has 0 bridgehead atoms. The molecule has 0 radical (unpaired) electrons. The quantitative estimate of drug-likeness (QED) is 0.435. The highest BCUT2D eigenvalue weighted by Gasteiger charge is 2.23. The highest BCUT2D eigenvalue weighted by atomic mass is 19.1. The number of likely N-dealkylation sites (N-methyl/N-ethyl adjacent to an activating group) is 1. The number of nitro groups is 1. The van der Waals surface area contributed by atoms with Crippen LogP contribution in [0.5, 0.6) is 0 Å². The second kappa shape index (κ2) is 9.27. The SMILES string of the molecule is CN(Cc1ccc(F)cc1)C(=O)CN1CCN(c2ccc([N+](=O)[O-])c3cnccc23)CC1. The van der Waals surface area contributed by atoms with Crippen molar-refractivity contribution in [2.24, 2.45) is 0 Å². The molecule has 32 heavy (non-hydrogen) atoms. The molecule has 4 rings (SSSR count). The minimum absolute atomic E-state index is 0.00892. The fourth-order valence-corrected chi connectivity index (χ4v) is 4.01. The second-order valence-electron chi connectivity index (χ2n) is 7.92. The lowest BCUT2D eigenvalue weighted by Crippen LogP contribution is -2.49. The first-order valence-corrected chi connectivity index (χ1v) is 10.4. The standard InChI is InChI=1S/C23H24FN5O3/c1-26(15-17-2-4-18(24)5-3-17)23(30)16-27-10-12-28(13-11-27)21-6-7-22(29(31)32)20-14-25-9-8-19(20)21/h2-9,14H,10-13,15-16H2,1H3. The number of amides is 1. The van der Waals surface area contributed by atoms with E-state index in [-0.39, 0.29) is 22.3 Å². The summed E-state index contributed by atoms with van der Waals surface area (Å²) in [7, 11) is 1.75. The highest BCUT2D eigenvalue weighted by molar-refractivity contribution is 5.99. The average Bonchev–Trinajstić information content (AvgIpc) is 2.80. The molecule has 3 aromatic rings. The maximum absolute atomic E-state index is 13.1. The fourth-order valence-electron chi connectivity index (χ4n) is 4.01. The first kappa shape index (κ1) is 21.6. The molecule has 0 N–H and O–H groups in total. The molecule has 1 fully saturated rings. The molecule has 1 aromatic heterocycles. The van der Waals surface area contributed by atoms with E-state index in [1.807, 2.05) is 0 Å². The zero-order valence-corrected chi connectivity index (χ0v) is 17.8. The Kier molecular flexibility index (Phi) is 6.27. The summed E-state index contributed by atoms with van der Waals surface area (Å²) in [5.41, 5.74) is 1.87. The van der Waals surface area contributed by atoms with Gasteiger partial charge in [-0.05, 0) is 29.8 Å². The Labute approximate surface area is 185 Å². The zero-order valence-electron chi connectivity index (χ0n) is 17.8. The van der Waals surface area contributed by atoms with E-state index < -0.39 is 0 Å². The van der Waals surface area contributed by atoms with Crippen molar-refractivity contribution in [2.45, 2.75) is 6.54 Å². The summed E-state index contributed by atoms with van der Waals surface area (Å²) < 4.78 is 13.1. The minimum atomic E-state index is -0.389. The number of hydrogen-bond acceptors (Lipinski definition) is 6. The molecular weight excluding hydrogens is 413 g/mol. The average molecular weight is 437 g/mol. The number of aromatic nitrogens is 1. The van der Waals surface area contributed by atoms with Crippen LogP contribution in [-0.4, -0.2) is 65.4 Å². The van der Waals surface area contributed by atoms with Crippen LogP contribution >= 0.6 is 0 Å². The van der Waals surface area contributed by atoms with Crippen LogP contribution in [0.4, 0.5) is 15.8 Å². The van der Waals surface area contributed by atoms with E-state index in [4.69, 9.17) is 0 Å². The van der Waals surface area contributed by atoms with E-state index in [1.165, 1.54) is 24.4 Å². The molecule has 0 spiro atoms. The lowest BCUT2D eigenvalue weighted by molar-refractivity contribution is -0.383. The van der Waals surface area contributed by atoms with Crippen LogP contribution in [0.15, 0.2) is 54.9 Å². The molecule has 0 unspecified atom stereocenters. The third-order valence-corrected chi connectivity index (χ3v) is 5.80. The molecule has 1 saturated heterocycles. The van der Waals surface area contributed by atoms with E-state index in [9.17, 15) is 19.3 Å². The molecule has 0 aliphatic carbocycles. The number of piperazine rings is 1. The maximum atomic E-state index is 13.1. The Morgan fingerprint density at radius 3 is 2.50 bits per heavy atom. The van der Waals surface area contributed by atoms with Crippen molar-refractivity contribution in [3.8, 4) is 0 Å². The van der Waals surface area contributed by atoms with E-state index in [2.05, 4.69) is 14.8 Å². The van der Waals surface area contributed by atoms with Gasteiger partial charge in [-0.1, -0.05) is 12.1 Å². The summed E-state index contributed by atoms with van der Waals surface area (Å²) in [6.07, 6.45) is 3.17. The number of halogens is 1. The maximum Gasteiger partial charge on any atom is 0.278 e. The van der Waals surface area contributed by atoms with Gasteiger partial charge in [0.2, 0.25) is 5.91 Å². The van der Waals surface area contributed by atoms with Crippen LogP contribution in [0.1, 0.15) is 5.56 Å². The van der Waals surface area contributed by atoms with Gasteiger partial charge in [0.15, 0.2) is 0 Å². The number of pyridine rings is 1. The van der Waals surface area contributed by atoms with Crippen LogP contribution in [-0.2, 0) is 11.3 Å². The lowest BCUT2D eigenvalue weighted by Gasteiger charge is -2.36. The van der Waals surface area contributed by atoms with Crippen LogP contribution in [0.3, 0.4) is 0 Å². The Bertz CT molecular complexity index is 1130. The van der Waals surface area contributed by atoms with E-state index in [0.717, 1.165) is 16.6 Å². The molecule has 0 atom stereocenters. The van der Waals surface area contributed by atoms with Gasteiger partial charge in [-0.15, -0.1) is 0 Å². The molecule has 1 aliphatic rings. The summed E-state index contributed by atoms with van der Waals surface area (Å²) >= 11 is 0. The molecule has 0 saturated carbocycles. The Hall–Kier alpha value is -3.59. The van der Waals surface area contributed by atoms with E-state index in [0.29, 0.717) is 44.7 Å². The molecule has 1 aliphatic heterocycles. The Morgan fingerprint density at radius 1 is 1.09 bits per heavy atom. The lowest BCUT2D eigenvalue weighted by atomic mass is 10.1. The molecule has 8 nitrogen and oxygen atoms in total. The van der Waals surface area contributed by atoms with E-state index in [1.54, 1.807) is 42.4 Å². The van der Waals surface area contributed by atoms with Gasteiger partial charge >= 0.3 is 0 Å². The topological polar surface area (TPSA) is 82.8 Å². The Morgan fingerprint density at radius 2 is 1.81 bits per heavy atom.